The fourth-order valence-corrected chi connectivity index (χ4v) is 6.03. The second kappa shape index (κ2) is 15.9. The first-order chi connectivity index (χ1) is 21.3. The molecule has 11 heteroatoms. The topological polar surface area (TPSA) is 110 Å². The molecule has 1 fully saturated rings. The van der Waals surface area contributed by atoms with Gasteiger partial charge < -0.3 is 38.6 Å². The minimum Gasteiger partial charge on any atom is -0.493 e. The summed E-state index contributed by atoms with van der Waals surface area (Å²) < 4.78 is 28.4. The number of fused-ring (bicyclic) bond motifs is 1. The summed E-state index contributed by atoms with van der Waals surface area (Å²) in [6.07, 6.45) is 3.80. The van der Waals surface area contributed by atoms with Gasteiger partial charge in [0.2, 0.25) is 18.4 Å². The van der Waals surface area contributed by atoms with Crippen LogP contribution in [0.4, 0.5) is 0 Å². The zero-order valence-electron chi connectivity index (χ0n) is 26.6. The maximum absolute atomic E-state index is 13.8. The molecular formula is C33H47N3O8. The van der Waals surface area contributed by atoms with Gasteiger partial charge in [-0.05, 0) is 69.7 Å². The first kappa shape index (κ1) is 33.2. The number of nitrogens with zero attached hydrogens (tertiary/aromatic N) is 3. The van der Waals surface area contributed by atoms with E-state index < -0.39 is 23.8 Å². The molecule has 0 saturated carbocycles. The normalized spacial score (nSPS) is 19.3. The van der Waals surface area contributed by atoms with Gasteiger partial charge in [-0.2, -0.15) is 0 Å². The molecule has 1 N–H and O–H groups in total. The van der Waals surface area contributed by atoms with E-state index in [1.807, 2.05) is 48.2 Å². The molecule has 44 heavy (non-hydrogen) atoms. The Labute approximate surface area is 260 Å². The number of carbonyl (C=O) groups excluding carboxylic acids is 1. The fraction of sp³-hybridized carbons (Fsp3) is 0.576. The molecule has 4 rings (SSSR count). The molecule has 1 unspecified atom stereocenters. The minimum atomic E-state index is -0.957. The van der Waals surface area contributed by atoms with Gasteiger partial charge in [0.1, 0.15) is 6.61 Å². The van der Waals surface area contributed by atoms with Crippen molar-refractivity contribution >= 4 is 11.9 Å². The highest BCUT2D eigenvalue weighted by Crippen LogP contribution is 2.47. The molecule has 2 aliphatic rings. The van der Waals surface area contributed by atoms with Gasteiger partial charge in [0.25, 0.3) is 0 Å². The van der Waals surface area contributed by atoms with Crippen molar-refractivity contribution < 1.29 is 38.4 Å². The Balaban J connectivity index is 1.62. The van der Waals surface area contributed by atoms with Crippen LogP contribution in [0.15, 0.2) is 36.4 Å². The Bertz CT molecular complexity index is 1260. The molecule has 2 aromatic carbocycles. The van der Waals surface area contributed by atoms with E-state index in [9.17, 15) is 14.7 Å². The van der Waals surface area contributed by atoms with Crippen LogP contribution in [-0.4, -0.2) is 112 Å². The molecule has 0 aromatic heterocycles. The van der Waals surface area contributed by atoms with Gasteiger partial charge in [-0.3, -0.25) is 14.5 Å². The van der Waals surface area contributed by atoms with Crippen molar-refractivity contribution in [3.8, 4) is 28.7 Å². The Morgan fingerprint density at radius 2 is 1.68 bits per heavy atom. The molecule has 11 nitrogen and oxygen atoms in total. The van der Waals surface area contributed by atoms with Crippen molar-refractivity contribution in [3.05, 3.63) is 42.0 Å². The molecular weight excluding hydrogens is 566 g/mol. The number of amides is 1. The number of carbonyl (C=O) groups is 2. The summed E-state index contributed by atoms with van der Waals surface area (Å²) >= 11 is 0. The van der Waals surface area contributed by atoms with Crippen LogP contribution < -0.4 is 23.7 Å². The second-order valence-electron chi connectivity index (χ2n) is 11.6. The number of aliphatic carboxylic acids is 1. The van der Waals surface area contributed by atoms with Gasteiger partial charge in [0.15, 0.2) is 23.0 Å². The molecule has 1 saturated heterocycles. The van der Waals surface area contributed by atoms with Crippen LogP contribution in [0, 0.1) is 5.92 Å². The van der Waals surface area contributed by atoms with Gasteiger partial charge in [0.05, 0.1) is 32.7 Å². The van der Waals surface area contributed by atoms with E-state index in [1.165, 1.54) is 0 Å². The molecule has 1 amide bonds. The Hall–Kier alpha value is -3.70. The molecule has 0 spiro atoms. The van der Waals surface area contributed by atoms with E-state index in [0.29, 0.717) is 48.4 Å². The second-order valence-corrected chi connectivity index (χ2v) is 11.6. The quantitative estimate of drug-likeness (QED) is 0.264. The summed E-state index contributed by atoms with van der Waals surface area (Å²) in [5.41, 5.74) is 0.752. The fourth-order valence-electron chi connectivity index (χ4n) is 6.03. The first-order valence-corrected chi connectivity index (χ1v) is 15.4. The number of para-hydroxylation sites is 2. The van der Waals surface area contributed by atoms with Crippen LogP contribution >= 0.6 is 0 Å². The number of unbranched alkanes of at least 4 members (excludes halogenated alkanes) is 2. The number of likely N-dealkylation sites (tertiary alicyclic amines) is 1. The minimum absolute atomic E-state index is 0.00125. The highest BCUT2D eigenvalue weighted by Gasteiger charge is 2.48. The maximum Gasteiger partial charge on any atom is 0.308 e. The van der Waals surface area contributed by atoms with Gasteiger partial charge in [-0.25, -0.2) is 0 Å². The van der Waals surface area contributed by atoms with E-state index in [2.05, 4.69) is 11.8 Å². The molecule has 3 atom stereocenters. The van der Waals surface area contributed by atoms with Crippen molar-refractivity contribution in [2.45, 2.75) is 44.6 Å². The Morgan fingerprint density at radius 3 is 2.36 bits per heavy atom. The van der Waals surface area contributed by atoms with Crippen LogP contribution in [0.25, 0.3) is 0 Å². The molecule has 242 valence electrons. The Kier molecular flexibility index (Phi) is 12.0. The van der Waals surface area contributed by atoms with E-state index in [4.69, 9.17) is 23.7 Å². The summed E-state index contributed by atoms with van der Waals surface area (Å²) in [7, 11) is 7.20. The average Bonchev–Trinajstić information content (AvgIpc) is 3.63. The van der Waals surface area contributed by atoms with Gasteiger partial charge in [0, 0.05) is 25.6 Å². The molecule has 0 bridgehead atoms. The van der Waals surface area contributed by atoms with Gasteiger partial charge in [-0.15, -0.1) is 0 Å². The Morgan fingerprint density at radius 1 is 0.977 bits per heavy atom. The molecule has 0 radical (unpaired) electrons. The number of hydrogen-bond donors (Lipinski definition) is 1. The van der Waals surface area contributed by atoms with Gasteiger partial charge >= 0.3 is 5.97 Å². The summed E-state index contributed by atoms with van der Waals surface area (Å²) in [5.74, 6) is 0.322. The number of carboxylic acid groups (broad SMARTS) is 1. The summed E-state index contributed by atoms with van der Waals surface area (Å²) in [4.78, 5) is 32.8. The lowest BCUT2D eigenvalue weighted by Crippen LogP contribution is -2.46. The monoisotopic (exact) mass is 613 g/mol. The lowest BCUT2D eigenvalue weighted by Gasteiger charge is -2.30. The molecule has 0 aliphatic carbocycles. The van der Waals surface area contributed by atoms with Crippen molar-refractivity contribution in [2.24, 2.45) is 5.92 Å². The number of rotatable bonds is 17. The number of ether oxygens (including phenoxy) is 5. The number of benzene rings is 2. The highest BCUT2D eigenvalue weighted by molar-refractivity contribution is 5.79. The SMILES string of the molecule is CCCCN(CCCCN(C)C)C(=O)CN1C[C@H](c2cc(OC)c3c(c2)OCO3)C(C(=O)O)[C@@H]1COc1ccccc1OC. The predicted octanol–water partition coefficient (Wildman–Crippen LogP) is 3.95. The maximum atomic E-state index is 13.8. The first-order valence-electron chi connectivity index (χ1n) is 15.4. The van der Waals surface area contributed by atoms with Crippen LogP contribution in [0.5, 0.6) is 28.7 Å². The zero-order chi connectivity index (χ0) is 31.6. The van der Waals surface area contributed by atoms with Crippen molar-refractivity contribution in [2.75, 3.05) is 74.4 Å². The molecule has 2 heterocycles. The van der Waals surface area contributed by atoms with E-state index >= 15 is 0 Å². The third-order valence-electron chi connectivity index (χ3n) is 8.38. The predicted molar refractivity (Wildman–Crippen MR) is 166 cm³/mol. The van der Waals surface area contributed by atoms with E-state index in [1.54, 1.807) is 26.4 Å². The van der Waals surface area contributed by atoms with Crippen LogP contribution in [0.1, 0.15) is 44.1 Å². The number of hydrogen-bond acceptors (Lipinski definition) is 9. The van der Waals surface area contributed by atoms with Crippen LogP contribution in [0.2, 0.25) is 0 Å². The van der Waals surface area contributed by atoms with Crippen molar-refractivity contribution in [1.29, 1.82) is 0 Å². The standard InChI is InChI=1S/C33H47N3O8/c1-6-7-15-35(16-11-10-14-34(2)3)30(37)20-36-19-24(23-17-28(41-5)32-29(18-23)43-22-44-32)31(33(38)39)25(36)21-42-27-13-9-8-12-26(27)40-4/h8-9,12-13,17-18,24-25,31H,6-7,10-11,14-16,19-22H2,1-5H3,(H,38,39)/t24-,25+,31?/m1/s1. The van der Waals surface area contributed by atoms with Crippen molar-refractivity contribution in [3.63, 3.8) is 0 Å². The van der Waals surface area contributed by atoms with Crippen molar-refractivity contribution in [1.82, 2.24) is 14.7 Å². The third-order valence-corrected chi connectivity index (χ3v) is 8.38. The molecule has 2 aromatic rings. The van der Waals surface area contributed by atoms with E-state index in [0.717, 1.165) is 37.8 Å². The molecule has 2 aliphatic heterocycles. The number of carboxylic acids is 1. The van der Waals surface area contributed by atoms with E-state index in [-0.39, 0.29) is 25.9 Å². The highest BCUT2D eigenvalue weighted by atomic mass is 16.7. The third kappa shape index (κ3) is 8.06. The largest absolute Gasteiger partial charge is 0.493 e. The van der Waals surface area contributed by atoms with Gasteiger partial charge in [-0.1, -0.05) is 25.5 Å². The summed E-state index contributed by atoms with van der Waals surface area (Å²) in [5, 5.41) is 10.6. The van der Waals surface area contributed by atoms with Crippen LogP contribution in [0.3, 0.4) is 0 Å². The lowest BCUT2D eigenvalue weighted by atomic mass is 9.85. The lowest BCUT2D eigenvalue weighted by molar-refractivity contribution is -0.144. The smallest absolute Gasteiger partial charge is 0.308 e. The zero-order valence-corrected chi connectivity index (χ0v) is 26.6. The van der Waals surface area contributed by atoms with Crippen LogP contribution in [-0.2, 0) is 9.59 Å². The summed E-state index contributed by atoms with van der Waals surface area (Å²) in [6.45, 7) is 5.02. The number of methoxy groups -OCH3 is 2. The summed E-state index contributed by atoms with van der Waals surface area (Å²) in [6, 6.07) is 10.3. The average molecular weight is 614 g/mol.